The number of hydrogen-bond donors (Lipinski definition) is 0. The van der Waals surface area contributed by atoms with Crippen molar-refractivity contribution in [3.63, 3.8) is 0 Å². The fourth-order valence-corrected chi connectivity index (χ4v) is 4.06. The second-order valence-electron chi connectivity index (χ2n) is 7.31. The molecule has 5 rings (SSSR count). The summed E-state index contributed by atoms with van der Waals surface area (Å²) in [6.07, 6.45) is 0. The van der Waals surface area contributed by atoms with Crippen molar-refractivity contribution < 1.29 is 23.4 Å². The Labute approximate surface area is 191 Å². The van der Waals surface area contributed by atoms with E-state index < -0.39 is 5.97 Å². The first kappa shape index (κ1) is 20.3. The fraction of sp³-hybridized carbons (Fsp3) is 0.120. The highest BCUT2D eigenvalue weighted by atomic mass is 79.9. The molecule has 32 heavy (non-hydrogen) atoms. The zero-order chi connectivity index (χ0) is 22.2. The molecule has 0 unspecified atom stereocenters. The second-order valence-corrected chi connectivity index (χ2v) is 8.16. The Morgan fingerprint density at radius 1 is 1.03 bits per heavy atom. The van der Waals surface area contributed by atoms with Gasteiger partial charge in [0.15, 0.2) is 22.5 Å². The Morgan fingerprint density at radius 3 is 2.56 bits per heavy atom. The minimum atomic E-state index is -0.591. The van der Waals surface area contributed by atoms with E-state index in [2.05, 4.69) is 15.9 Å². The van der Waals surface area contributed by atoms with Crippen LogP contribution < -0.4 is 14.9 Å². The van der Waals surface area contributed by atoms with E-state index in [1.165, 1.54) is 0 Å². The van der Waals surface area contributed by atoms with Crippen LogP contribution in [0.1, 0.15) is 21.5 Å². The lowest BCUT2D eigenvalue weighted by molar-refractivity contribution is 0.0472. The van der Waals surface area contributed by atoms with Crippen molar-refractivity contribution in [3.8, 4) is 22.8 Å². The van der Waals surface area contributed by atoms with Gasteiger partial charge in [-0.3, -0.25) is 4.79 Å². The van der Waals surface area contributed by atoms with Crippen molar-refractivity contribution >= 4 is 32.9 Å². The maximum Gasteiger partial charge on any atom is 0.342 e. The summed E-state index contributed by atoms with van der Waals surface area (Å²) in [4.78, 5) is 26.0. The van der Waals surface area contributed by atoms with Gasteiger partial charge in [0.25, 0.3) is 0 Å². The minimum Gasteiger partial charge on any atom is -0.457 e. The van der Waals surface area contributed by atoms with E-state index in [9.17, 15) is 9.59 Å². The third kappa shape index (κ3) is 3.54. The molecule has 2 heterocycles. The van der Waals surface area contributed by atoms with Crippen LogP contribution >= 0.6 is 15.9 Å². The van der Waals surface area contributed by atoms with Crippen LogP contribution in [0.15, 0.2) is 74.3 Å². The van der Waals surface area contributed by atoms with Crippen molar-refractivity contribution in [2.75, 3.05) is 6.79 Å². The van der Waals surface area contributed by atoms with Crippen molar-refractivity contribution in [3.05, 3.63) is 92.1 Å². The molecular formula is C25H17BrO6. The van der Waals surface area contributed by atoms with E-state index in [-0.39, 0.29) is 30.0 Å². The molecule has 4 aromatic rings. The predicted molar refractivity (Wildman–Crippen MR) is 122 cm³/mol. The van der Waals surface area contributed by atoms with Crippen LogP contribution in [0.3, 0.4) is 0 Å². The summed E-state index contributed by atoms with van der Waals surface area (Å²) in [6, 6.07) is 17.7. The van der Waals surface area contributed by atoms with E-state index in [0.717, 1.165) is 15.6 Å². The van der Waals surface area contributed by atoms with Gasteiger partial charge in [0.2, 0.25) is 6.79 Å². The topological polar surface area (TPSA) is 75.0 Å². The summed E-state index contributed by atoms with van der Waals surface area (Å²) in [7, 11) is 0. The normalized spacial score (nSPS) is 12.2. The average Bonchev–Trinajstić information content (AvgIpc) is 3.27. The number of ether oxygens (including phenoxy) is 3. The molecule has 0 bridgehead atoms. The second kappa shape index (κ2) is 8.16. The smallest absolute Gasteiger partial charge is 0.342 e. The van der Waals surface area contributed by atoms with Crippen molar-refractivity contribution in [1.29, 1.82) is 0 Å². The molecule has 0 spiro atoms. The minimum absolute atomic E-state index is 0.00802. The van der Waals surface area contributed by atoms with E-state index in [4.69, 9.17) is 18.6 Å². The molecule has 1 aliphatic heterocycles. The molecule has 0 saturated heterocycles. The van der Waals surface area contributed by atoms with E-state index in [1.807, 2.05) is 30.3 Å². The third-order valence-electron chi connectivity index (χ3n) is 5.30. The van der Waals surface area contributed by atoms with Gasteiger partial charge in [-0.05, 0) is 31.2 Å². The number of para-hydroxylation sites is 1. The number of hydrogen-bond acceptors (Lipinski definition) is 6. The zero-order valence-corrected chi connectivity index (χ0v) is 18.6. The van der Waals surface area contributed by atoms with Crippen molar-refractivity contribution in [2.45, 2.75) is 13.5 Å². The van der Waals surface area contributed by atoms with E-state index in [1.54, 1.807) is 37.3 Å². The van der Waals surface area contributed by atoms with E-state index >= 15 is 0 Å². The van der Waals surface area contributed by atoms with Gasteiger partial charge in [-0.2, -0.15) is 0 Å². The lowest BCUT2D eigenvalue weighted by atomic mass is 10.0. The zero-order valence-electron chi connectivity index (χ0n) is 17.0. The lowest BCUT2D eigenvalue weighted by Gasteiger charge is -2.11. The van der Waals surface area contributed by atoms with Crippen LogP contribution in [0.25, 0.3) is 22.3 Å². The molecule has 0 atom stereocenters. The fourth-order valence-electron chi connectivity index (χ4n) is 3.63. The summed E-state index contributed by atoms with van der Waals surface area (Å²) < 4.78 is 23.1. The Hall–Kier alpha value is -3.58. The van der Waals surface area contributed by atoms with Crippen molar-refractivity contribution in [2.24, 2.45) is 0 Å². The highest BCUT2D eigenvalue weighted by Crippen LogP contribution is 2.37. The van der Waals surface area contributed by atoms with Crippen LogP contribution in [0.4, 0.5) is 0 Å². The average molecular weight is 493 g/mol. The monoisotopic (exact) mass is 492 g/mol. The molecule has 3 aromatic carbocycles. The third-order valence-corrected chi connectivity index (χ3v) is 6.04. The molecule has 0 N–H and O–H groups in total. The molecule has 1 aliphatic rings. The molecule has 7 heteroatoms. The Balaban J connectivity index is 1.51. The highest BCUT2D eigenvalue weighted by molar-refractivity contribution is 9.10. The molecule has 6 nitrogen and oxygen atoms in total. The number of benzene rings is 3. The van der Waals surface area contributed by atoms with Gasteiger partial charge in [0.05, 0.1) is 5.39 Å². The molecular weight excluding hydrogens is 476 g/mol. The number of carbonyl (C=O) groups is 1. The largest absolute Gasteiger partial charge is 0.457 e. The standard InChI is InChI=1S/C25H17BrO6/c1-14-22(27)17-8-5-9-18(24(17)32-23(14)15-6-3-2-4-7-15)25(28)29-12-16-10-20-21(11-19(16)26)31-13-30-20/h2-11H,12-13H2,1H3. The number of carbonyl (C=O) groups excluding carboxylic acids is 1. The van der Waals surface area contributed by atoms with Crippen molar-refractivity contribution in [1.82, 2.24) is 0 Å². The van der Waals surface area contributed by atoms with Gasteiger partial charge < -0.3 is 18.6 Å². The Bertz CT molecular complexity index is 1410. The molecule has 1 aromatic heterocycles. The van der Waals surface area contributed by atoms with E-state index in [0.29, 0.717) is 28.2 Å². The number of rotatable bonds is 4. The van der Waals surface area contributed by atoms with Crippen LogP contribution in [0.5, 0.6) is 11.5 Å². The van der Waals surface area contributed by atoms with Gasteiger partial charge in [-0.1, -0.05) is 52.3 Å². The Kier molecular flexibility index (Phi) is 5.19. The van der Waals surface area contributed by atoms with Crippen LogP contribution in [0, 0.1) is 6.92 Å². The SMILES string of the molecule is Cc1c(-c2ccccc2)oc2c(C(=O)OCc3cc4c(cc3Br)OCO4)cccc2c1=O. The lowest BCUT2D eigenvalue weighted by Crippen LogP contribution is -2.11. The number of fused-ring (bicyclic) bond motifs is 2. The van der Waals surface area contributed by atoms with Gasteiger partial charge >= 0.3 is 5.97 Å². The van der Waals surface area contributed by atoms with Gasteiger partial charge in [-0.15, -0.1) is 0 Å². The van der Waals surface area contributed by atoms with Gasteiger partial charge in [0.1, 0.15) is 17.9 Å². The number of halogens is 1. The quantitative estimate of drug-likeness (QED) is 0.344. The number of esters is 1. The molecule has 0 aliphatic carbocycles. The first-order valence-corrected chi connectivity index (χ1v) is 10.7. The predicted octanol–water partition coefficient (Wildman–Crippen LogP) is 5.62. The highest BCUT2D eigenvalue weighted by Gasteiger charge is 2.21. The van der Waals surface area contributed by atoms with Gasteiger partial charge in [-0.25, -0.2) is 4.79 Å². The maximum absolute atomic E-state index is 13.0. The molecule has 0 fully saturated rings. The van der Waals surface area contributed by atoms with Gasteiger partial charge in [0, 0.05) is 21.2 Å². The van der Waals surface area contributed by atoms with Crippen LogP contribution in [0.2, 0.25) is 0 Å². The summed E-state index contributed by atoms with van der Waals surface area (Å²) in [5, 5.41) is 0.334. The summed E-state index contributed by atoms with van der Waals surface area (Å²) >= 11 is 3.46. The molecule has 0 amide bonds. The molecule has 0 radical (unpaired) electrons. The summed E-state index contributed by atoms with van der Waals surface area (Å²) in [5.41, 5.74) is 2.18. The van der Waals surface area contributed by atoms with Crippen LogP contribution in [-0.4, -0.2) is 12.8 Å². The first-order valence-electron chi connectivity index (χ1n) is 9.90. The molecule has 0 saturated carbocycles. The van der Waals surface area contributed by atoms with Crippen LogP contribution in [-0.2, 0) is 11.3 Å². The summed E-state index contributed by atoms with van der Waals surface area (Å²) in [5.74, 6) is 1.07. The summed E-state index contributed by atoms with van der Waals surface area (Å²) in [6.45, 7) is 1.88. The first-order chi connectivity index (χ1) is 15.5. The Morgan fingerprint density at radius 2 is 1.78 bits per heavy atom. The molecule has 160 valence electrons. The maximum atomic E-state index is 13.0.